The molecule has 0 radical (unpaired) electrons. The molecule has 2 aromatic rings. The average molecular weight is 309 g/mol. The van der Waals surface area contributed by atoms with Crippen LogP contribution >= 0.6 is 0 Å². The SMILES string of the molecule is CCOc1ccc2c(c1)NC(=O)/C2=C/c1cccc2c1OCO2. The Morgan fingerprint density at radius 3 is 3.04 bits per heavy atom. The quantitative estimate of drug-likeness (QED) is 0.884. The van der Waals surface area contributed by atoms with E-state index in [2.05, 4.69) is 5.32 Å². The molecule has 0 spiro atoms. The molecule has 0 atom stereocenters. The van der Waals surface area contributed by atoms with Crippen LogP contribution in [0.3, 0.4) is 0 Å². The lowest BCUT2D eigenvalue weighted by Gasteiger charge is -2.05. The van der Waals surface area contributed by atoms with Crippen molar-refractivity contribution in [2.45, 2.75) is 6.92 Å². The summed E-state index contributed by atoms with van der Waals surface area (Å²) in [4.78, 5) is 12.3. The number of amides is 1. The predicted octanol–water partition coefficient (Wildman–Crippen LogP) is 3.31. The van der Waals surface area contributed by atoms with Crippen molar-refractivity contribution in [2.24, 2.45) is 0 Å². The summed E-state index contributed by atoms with van der Waals surface area (Å²) in [5.41, 5.74) is 3.05. The van der Waals surface area contributed by atoms with Gasteiger partial charge in [0.2, 0.25) is 6.79 Å². The fourth-order valence-corrected chi connectivity index (χ4v) is 2.80. The normalized spacial score (nSPS) is 16.4. The Labute approximate surface area is 133 Å². The maximum atomic E-state index is 12.3. The number of para-hydroxylation sites is 1. The van der Waals surface area contributed by atoms with Crippen molar-refractivity contribution >= 4 is 23.2 Å². The summed E-state index contributed by atoms with van der Waals surface area (Å²) in [5, 5.41) is 2.87. The van der Waals surface area contributed by atoms with Gasteiger partial charge >= 0.3 is 0 Å². The van der Waals surface area contributed by atoms with E-state index in [1.54, 1.807) is 0 Å². The van der Waals surface area contributed by atoms with Crippen molar-refractivity contribution in [3.63, 3.8) is 0 Å². The van der Waals surface area contributed by atoms with E-state index in [9.17, 15) is 4.79 Å². The van der Waals surface area contributed by atoms with Gasteiger partial charge in [-0.3, -0.25) is 4.79 Å². The molecule has 1 amide bonds. The third-order valence-corrected chi connectivity index (χ3v) is 3.81. The van der Waals surface area contributed by atoms with Crippen LogP contribution in [0.4, 0.5) is 5.69 Å². The highest BCUT2D eigenvalue weighted by atomic mass is 16.7. The van der Waals surface area contributed by atoms with Gasteiger partial charge in [-0.15, -0.1) is 0 Å². The monoisotopic (exact) mass is 309 g/mol. The molecule has 5 heteroatoms. The Morgan fingerprint density at radius 2 is 2.17 bits per heavy atom. The van der Waals surface area contributed by atoms with Crippen LogP contribution in [0.15, 0.2) is 36.4 Å². The average Bonchev–Trinajstić information content (AvgIpc) is 3.13. The van der Waals surface area contributed by atoms with Crippen LogP contribution in [0.2, 0.25) is 0 Å². The minimum atomic E-state index is -0.134. The van der Waals surface area contributed by atoms with E-state index >= 15 is 0 Å². The van der Waals surface area contributed by atoms with Gasteiger partial charge in [0.1, 0.15) is 5.75 Å². The molecule has 0 unspecified atom stereocenters. The summed E-state index contributed by atoms with van der Waals surface area (Å²) < 4.78 is 16.3. The Hall–Kier alpha value is -2.95. The summed E-state index contributed by atoms with van der Waals surface area (Å²) in [6, 6.07) is 11.2. The van der Waals surface area contributed by atoms with E-state index in [1.807, 2.05) is 49.4 Å². The van der Waals surface area contributed by atoms with Gasteiger partial charge in [0.25, 0.3) is 5.91 Å². The summed E-state index contributed by atoms with van der Waals surface area (Å²) in [5.74, 6) is 1.98. The molecule has 4 rings (SSSR count). The van der Waals surface area contributed by atoms with Crippen molar-refractivity contribution in [1.29, 1.82) is 0 Å². The highest BCUT2D eigenvalue weighted by Gasteiger charge is 2.26. The molecule has 1 N–H and O–H groups in total. The molecule has 0 bridgehead atoms. The second-order valence-electron chi connectivity index (χ2n) is 5.23. The van der Waals surface area contributed by atoms with Crippen LogP contribution in [-0.2, 0) is 4.79 Å². The van der Waals surface area contributed by atoms with Crippen molar-refractivity contribution in [1.82, 2.24) is 0 Å². The molecule has 2 aromatic carbocycles. The summed E-state index contributed by atoms with van der Waals surface area (Å²) in [6.45, 7) is 2.72. The maximum Gasteiger partial charge on any atom is 0.256 e. The standard InChI is InChI=1S/C18H15NO4/c1-2-21-12-6-7-13-14(18(20)19-15(13)9-12)8-11-4-3-5-16-17(11)23-10-22-16/h3-9H,2,10H2,1H3,(H,19,20)/b14-8+. The van der Waals surface area contributed by atoms with Gasteiger partial charge < -0.3 is 19.5 Å². The summed E-state index contributed by atoms with van der Waals surface area (Å²) in [6.07, 6.45) is 1.83. The molecule has 2 aliphatic heterocycles. The molecule has 0 aromatic heterocycles. The third kappa shape index (κ3) is 2.30. The van der Waals surface area contributed by atoms with Crippen LogP contribution in [-0.4, -0.2) is 19.3 Å². The van der Waals surface area contributed by atoms with E-state index in [4.69, 9.17) is 14.2 Å². The van der Waals surface area contributed by atoms with Gasteiger partial charge in [-0.25, -0.2) is 0 Å². The number of hydrogen-bond acceptors (Lipinski definition) is 4. The van der Waals surface area contributed by atoms with Crippen LogP contribution in [0, 0.1) is 0 Å². The van der Waals surface area contributed by atoms with Crippen LogP contribution in [0.25, 0.3) is 11.6 Å². The smallest absolute Gasteiger partial charge is 0.256 e. The highest BCUT2D eigenvalue weighted by molar-refractivity contribution is 6.35. The number of anilines is 1. The highest BCUT2D eigenvalue weighted by Crippen LogP contribution is 2.40. The van der Waals surface area contributed by atoms with Gasteiger partial charge in [0.15, 0.2) is 11.5 Å². The first-order valence-corrected chi connectivity index (χ1v) is 7.45. The molecular weight excluding hydrogens is 294 g/mol. The fraction of sp³-hybridized carbons (Fsp3) is 0.167. The molecule has 5 nitrogen and oxygen atoms in total. The Bertz CT molecular complexity index is 826. The maximum absolute atomic E-state index is 12.3. The Balaban J connectivity index is 1.77. The van der Waals surface area contributed by atoms with Gasteiger partial charge in [-0.05, 0) is 31.2 Å². The molecule has 23 heavy (non-hydrogen) atoms. The lowest BCUT2D eigenvalue weighted by molar-refractivity contribution is -0.110. The second kappa shape index (κ2) is 5.35. The van der Waals surface area contributed by atoms with E-state index in [-0.39, 0.29) is 12.7 Å². The van der Waals surface area contributed by atoms with Crippen molar-refractivity contribution in [2.75, 3.05) is 18.7 Å². The first-order valence-electron chi connectivity index (χ1n) is 7.45. The van der Waals surface area contributed by atoms with Gasteiger partial charge in [0, 0.05) is 22.8 Å². The van der Waals surface area contributed by atoms with E-state index in [1.165, 1.54) is 0 Å². The number of hydrogen-bond donors (Lipinski definition) is 1. The first-order chi connectivity index (χ1) is 11.3. The topological polar surface area (TPSA) is 56.8 Å². The van der Waals surface area contributed by atoms with Gasteiger partial charge in [-0.2, -0.15) is 0 Å². The Morgan fingerprint density at radius 1 is 1.26 bits per heavy atom. The molecule has 2 aliphatic rings. The van der Waals surface area contributed by atoms with Crippen molar-refractivity contribution in [3.05, 3.63) is 47.5 Å². The number of ether oxygens (including phenoxy) is 3. The largest absolute Gasteiger partial charge is 0.494 e. The summed E-state index contributed by atoms with van der Waals surface area (Å²) in [7, 11) is 0. The second-order valence-corrected chi connectivity index (χ2v) is 5.23. The van der Waals surface area contributed by atoms with Crippen molar-refractivity contribution < 1.29 is 19.0 Å². The molecular formula is C18H15NO4. The molecule has 0 saturated heterocycles. The number of nitrogens with one attached hydrogen (secondary N) is 1. The Kier molecular flexibility index (Phi) is 3.19. The zero-order valence-electron chi connectivity index (χ0n) is 12.6. The zero-order chi connectivity index (χ0) is 15.8. The van der Waals surface area contributed by atoms with Crippen LogP contribution < -0.4 is 19.5 Å². The van der Waals surface area contributed by atoms with Crippen LogP contribution in [0.1, 0.15) is 18.1 Å². The van der Waals surface area contributed by atoms with Gasteiger partial charge in [0.05, 0.1) is 12.3 Å². The predicted molar refractivity (Wildman–Crippen MR) is 86.7 cm³/mol. The lowest BCUT2D eigenvalue weighted by atomic mass is 10.0. The zero-order valence-corrected chi connectivity index (χ0v) is 12.6. The number of carbonyl (C=O) groups excluding carboxylic acids is 1. The van der Waals surface area contributed by atoms with Crippen LogP contribution in [0.5, 0.6) is 17.2 Å². The number of carbonyl (C=O) groups is 1. The van der Waals surface area contributed by atoms with E-state index in [0.717, 1.165) is 22.6 Å². The minimum Gasteiger partial charge on any atom is -0.494 e. The summed E-state index contributed by atoms with van der Waals surface area (Å²) >= 11 is 0. The lowest BCUT2D eigenvalue weighted by Crippen LogP contribution is -2.03. The van der Waals surface area contributed by atoms with E-state index < -0.39 is 0 Å². The number of benzene rings is 2. The molecule has 0 fully saturated rings. The third-order valence-electron chi connectivity index (χ3n) is 3.81. The number of fused-ring (bicyclic) bond motifs is 2. The fourth-order valence-electron chi connectivity index (χ4n) is 2.80. The first kappa shape index (κ1) is 13.7. The molecule has 0 aliphatic carbocycles. The molecule has 116 valence electrons. The van der Waals surface area contributed by atoms with E-state index in [0.29, 0.717) is 23.7 Å². The van der Waals surface area contributed by atoms with Crippen molar-refractivity contribution in [3.8, 4) is 17.2 Å². The molecule has 0 saturated carbocycles. The molecule has 2 heterocycles. The number of rotatable bonds is 3. The van der Waals surface area contributed by atoms with Gasteiger partial charge in [-0.1, -0.05) is 12.1 Å². The minimum absolute atomic E-state index is 0.134.